The number of carbonyl (C=O) groups excluding carboxylic acids is 1. The van der Waals surface area contributed by atoms with Gasteiger partial charge < -0.3 is 4.74 Å². The first-order valence-electron chi connectivity index (χ1n) is 3.46. The molecule has 0 aliphatic rings. The van der Waals surface area contributed by atoms with Crippen LogP contribution in [0.15, 0.2) is 12.1 Å². The van der Waals surface area contributed by atoms with E-state index in [0.29, 0.717) is 5.75 Å². The van der Waals surface area contributed by atoms with E-state index in [1.807, 2.05) is 0 Å². The Labute approximate surface area is 101 Å². The van der Waals surface area contributed by atoms with Crippen molar-refractivity contribution in [2.24, 2.45) is 0 Å². The summed E-state index contributed by atoms with van der Waals surface area (Å²) >= 11 is 22.2. The van der Waals surface area contributed by atoms with Crippen molar-refractivity contribution in [3.63, 3.8) is 0 Å². The van der Waals surface area contributed by atoms with Crippen LogP contribution in [0, 0.1) is 0 Å². The third kappa shape index (κ3) is 3.21. The Morgan fingerprint density at radius 3 is 2.14 bits per heavy atom. The summed E-state index contributed by atoms with van der Waals surface area (Å²) in [6.07, 6.45) is 0. The Kier molecular flexibility index (Phi) is 4.32. The monoisotopic (exact) mass is 272 g/mol. The van der Waals surface area contributed by atoms with Crippen LogP contribution in [0.3, 0.4) is 0 Å². The molecular formula is C8H4Cl4O2. The molecule has 0 saturated carbocycles. The number of halogens is 4. The molecule has 0 aliphatic carbocycles. The second kappa shape index (κ2) is 5.08. The summed E-state index contributed by atoms with van der Waals surface area (Å²) in [5, 5.41) is 0.164. The zero-order valence-corrected chi connectivity index (χ0v) is 9.71. The van der Waals surface area contributed by atoms with E-state index >= 15 is 0 Å². The van der Waals surface area contributed by atoms with Crippen LogP contribution in [0.25, 0.3) is 0 Å². The van der Waals surface area contributed by atoms with E-state index in [1.165, 1.54) is 12.1 Å². The zero-order valence-electron chi connectivity index (χ0n) is 6.69. The Morgan fingerprint density at radius 1 is 1.21 bits per heavy atom. The average molecular weight is 274 g/mol. The maximum Gasteiger partial charge on any atom is 0.259 e. The SMILES string of the molecule is O=C(Cl)COc1cc(Cl)c(Cl)c(Cl)c1. The second-order valence-corrected chi connectivity index (χ2v) is 3.96. The summed E-state index contributed by atoms with van der Waals surface area (Å²) in [6, 6.07) is 2.91. The van der Waals surface area contributed by atoms with Gasteiger partial charge in [0.2, 0.25) is 0 Å². The highest BCUT2D eigenvalue weighted by Crippen LogP contribution is 2.34. The van der Waals surface area contributed by atoms with Gasteiger partial charge in [-0.2, -0.15) is 0 Å². The van der Waals surface area contributed by atoms with Gasteiger partial charge in [-0.25, -0.2) is 0 Å². The number of hydrogen-bond donors (Lipinski definition) is 0. The lowest BCUT2D eigenvalue weighted by Gasteiger charge is -2.05. The molecule has 1 aromatic carbocycles. The number of ether oxygens (including phenoxy) is 1. The summed E-state index contributed by atoms with van der Waals surface area (Å²) in [7, 11) is 0. The lowest BCUT2D eigenvalue weighted by atomic mass is 10.3. The first-order valence-corrected chi connectivity index (χ1v) is 4.97. The molecule has 0 amide bonds. The molecular weight excluding hydrogens is 270 g/mol. The highest BCUT2D eigenvalue weighted by atomic mass is 35.5. The minimum absolute atomic E-state index is 0.240. The van der Waals surface area contributed by atoms with Crippen molar-refractivity contribution < 1.29 is 9.53 Å². The number of carbonyl (C=O) groups is 1. The standard InChI is InChI=1S/C8H4Cl4O2/c9-5-1-4(14-3-7(11)13)2-6(10)8(5)12/h1-2H,3H2. The van der Waals surface area contributed by atoms with Crippen LogP contribution in [0.2, 0.25) is 15.1 Å². The van der Waals surface area contributed by atoms with E-state index in [-0.39, 0.29) is 21.7 Å². The number of rotatable bonds is 3. The Hall–Kier alpha value is -0.150. The molecule has 0 N–H and O–H groups in total. The third-order valence-corrected chi connectivity index (χ3v) is 2.62. The first kappa shape index (κ1) is 11.9. The molecule has 76 valence electrons. The smallest absolute Gasteiger partial charge is 0.259 e. The maximum absolute atomic E-state index is 10.4. The lowest BCUT2D eigenvalue weighted by molar-refractivity contribution is -0.113. The van der Waals surface area contributed by atoms with E-state index in [2.05, 4.69) is 0 Å². The minimum Gasteiger partial charge on any atom is -0.484 e. The van der Waals surface area contributed by atoms with Crippen molar-refractivity contribution in [2.75, 3.05) is 6.61 Å². The molecule has 0 radical (unpaired) electrons. The predicted octanol–water partition coefficient (Wildman–Crippen LogP) is 3.79. The van der Waals surface area contributed by atoms with Crippen LogP contribution in [-0.2, 0) is 4.79 Å². The summed E-state index contributed by atoms with van der Waals surface area (Å²) in [5.74, 6) is 0.346. The molecule has 0 fully saturated rings. The quantitative estimate of drug-likeness (QED) is 0.619. The summed E-state index contributed by atoms with van der Waals surface area (Å²) in [6.45, 7) is -0.240. The van der Waals surface area contributed by atoms with Crippen molar-refractivity contribution in [3.05, 3.63) is 27.2 Å². The van der Waals surface area contributed by atoms with E-state index in [1.54, 1.807) is 0 Å². The first-order chi connectivity index (χ1) is 6.50. The van der Waals surface area contributed by atoms with Crippen molar-refractivity contribution in [1.29, 1.82) is 0 Å². The molecule has 0 unspecified atom stereocenters. The van der Waals surface area contributed by atoms with Crippen LogP contribution < -0.4 is 4.74 Å². The fourth-order valence-electron chi connectivity index (χ4n) is 0.756. The second-order valence-electron chi connectivity index (χ2n) is 2.34. The Balaban J connectivity index is 2.84. The normalized spacial score (nSPS) is 10.0. The minimum atomic E-state index is -0.604. The molecule has 0 saturated heterocycles. The summed E-state index contributed by atoms with van der Waals surface area (Å²) < 4.78 is 4.98. The molecule has 0 bridgehead atoms. The molecule has 0 aromatic heterocycles. The topological polar surface area (TPSA) is 26.3 Å². The van der Waals surface area contributed by atoms with E-state index in [9.17, 15) is 4.79 Å². The molecule has 2 nitrogen and oxygen atoms in total. The van der Waals surface area contributed by atoms with Crippen molar-refractivity contribution in [3.8, 4) is 5.75 Å². The third-order valence-electron chi connectivity index (χ3n) is 1.31. The van der Waals surface area contributed by atoms with Crippen LogP contribution in [0.5, 0.6) is 5.75 Å². The largest absolute Gasteiger partial charge is 0.484 e. The van der Waals surface area contributed by atoms with Gasteiger partial charge in [0, 0.05) is 12.1 Å². The van der Waals surface area contributed by atoms with Gasteiger partial charge in [0.25, 0.3) is 5.24 Å². The highest BCUT2D eigenvalue weighted by Gasteiger charge is 2.07. The van der Waals surface area contributed by atoms with Gasteiger partial charge in [-0.05, 0) is 11.6 Å². The van der Waals surface area contributed by atoms with E-state index in [4.69, 9.17) is 51.1 Å². The van der Waals surface area contributed by atoms with Crippen LogP contribution >= 0.6 is 46.4 Å². The fraction of sp³-hybridized carbons (Fsp3) is 0.125. The maximum atomic E-state index is 10.4. The van der Waals surface area contributed by atoms with E-state index in [0.717, 1.165) is 0 Å². The van der Waals surface area contributed by atoms with Crippen LogP contribution in [-0.4, -0.2) is 11.8 Å². The zero-order chi connectivity index (χ0) is 10.7. The van der Waals surface area contributed by atoms with Crippen LogP contribution in [0.4, 0.5) is 0 Å². The Morgan fingerprint density at radius 2 is 1.71 bits per heavy atom. The van der Waals surface area contributed by atoms with Crippen molar-refractivity contribution in [1.82, 2.24) is 0 Å². The van der Waals surface area contributed by atoms with Crippen molar-refractivity contribution >= 4 is 51.6 Å². The average Bonchev–Trinajstić information content (AvgIpc) is 2.10. The van der Waals surface area contributed by atoms with Gasteiger partial charge in [-0.15, -0.1) is 0 Å². The van der Waals surface area contributed by atoms with Gasteiger partial charge in [-0.1, -0.05) is 34.8 Å². The molecule has 14 heavy (non-hydrogen) atoms. The summed E-state index contributed by atoms with van der Waals surface area (Å²) in [5.41, 5.74) is 0. The van der Waals surface area contributed by atoms with Gasteiger partial charge in [0.05, 0.1) is 15.1 Å². The molecule has 0 heterocycles. The lowest BCUT2D eigenvalue weighted by Crippen LogP contribution is -2.04. The predicted molar refractivity (Wildman–Crippen MR) is 57.8 cm³/mol. The molecule has 6 heteroatoms. The molecule has 0 aliphatic heterocycles. The van der Waals surface area contributed by atoms with Gasteiger partial charge in [0.15, 0.2) is 6.61 Å². The van der Waals surface area contributed by atoms with Gasteiger partial charge in [-0.3, -0.25) is 4.79 Å². The van der Waals surface area contributed by atoms with Gasteiger partial charge >= 0.3 is 0 Å². The highest BCUT2D eigenvalue weighted by molar-refractivity contribution is 6.63. The van der Waals surface area contributed by atoms with E-state index < -0.39 is 5.24 Å². The Bertz CT molecular complexity index is 341. The van der Waals surface area contributed by atoms with Crippen LogP contribution in [0.1, 0.15) is 0 Å². The van der Waals surface area contributed by atoms with Gasteiger partial charge in [0.1, 0.15) is 5.75 Å². The molecule has 1 aromatic rings. The fourth-order valence-corrected chi connectivity index (χ4v) is 1.39. The number of hydrogen-bond acceptors (Lipinski definition) is 2. The molecule has 0 spiro atoms. The summed E-state index contributed by atoms with van der Waals surface area (Å²) in [4.78, 5) is 10.4. The van der Waals surface area contributed by atoms with Crippen molar-refractivity contribution in [2.45, 2.75) is 0 Å². The number of benzene rings is 1. The molecule has 0 atom stereocenters. The molecule has 1 rings (SSSR count).